The Morgan fingerprint density at radius 2 is 1.86 bits per heavy atom. The normalized spacial score (nSPS) is 23.7. The van der Waals surface area contributed by atoms with E-state index in [4.69, 9.17) is 4.74 Å². The van der Waals surface area contributed by atoms with Crippen molar-refractivity contribution in [2.45, 2.75) is 84.3 Å². The van der Waals surface area contributed by atoms with Crippen LogP contribution in [-0.4, -0.2) is 47.7 Å². The van der Waals surface area contributed by atoms with Gasteiger partial charge in [0.05, 0.1) is 5.56 Å². The summed E-state index contributed by atoms with van der Waals surface area (Å²) in [7, 11) is 0. The summed E-state index contributed by atoms with van der Waals surface area (Å²) in [5, 5.41) is 5.87. The molecule has 0 aromatic heterocycles. The number of benzene rings is 1. The molecule has 6 nitrogen and oxygen atoms in total. The van der Waals surface area contributed by atoms with E-state index in [2.05, 4.69) is 15.5 Å². The number of ether oxygens (including phenoxy) is 1. The molecule has 1 saturated heterocycles. The number of hydrogen-bond donors (Lipinski definition) is 2. The minimum Gasteiger partial charge on any atom is -0.444 e. The Labute approximate surface area is 206 Å². The Morgan fingerprint density at radius 1 is 1.14 bits per heavy atom. The first kappa shape index (κ1) is 27.3. The Hall–Kier alpha value is -2.29. The van der Waals surface area contributed by atoms with Crippen LogP contribution < -0.4 is 10.6 Å². The van der Waals surface area contributed by atoms with E-state index in [9.17, 15) is 22.8 Å². The zero-order valence-electron chi connectivity index (χ0n) is 21.2. The van der Waals surface area contributed by atoms with Gasteiger partial charge in [-0.1, -0.05) is 32.0 Å². The fourth-order valence-corrected chi connectivity index (χ4v) is 5.21. The van der Waals surface area contributed by atoms with Gasteiger partial charge >= 0.3 is 12.3 Å². The van der Waals surface area contributed by atoms with Crippen molar-refractivity contribution in [3.8, 4) is 0 Å². The van der Waals surface area contributed by atoms with E-state index in [1.807, 2.05) is 13.8 Å². The van der Waals surface area contributed by atoms with Crippen LogP contribution in [-0.2, 0) is 22.3 Å². The largest absolute Gasteiger partial charge is 0.444 e. The van der Waals surface area contributed by atoms with Gasteiger partial charge in [0.2, 0.25) is 5.91 Å². The predicted molar refractivity (Wildman–Crippen MR) is 127 cm³/mol. The molecule has 2 fully saturated rings. The number of hydrogen-bond acceptors (Lipinski definition) is 4. The Balaban J connectivity index is 1.59. The zero-order valence-corrected chi connectivity index (χ0v) is 21.2. The number of carbonyl (C=O) groups is 2. The molecule has 2 aliphatic rings. The number of halogens is 3. The molecule has 35 heavy (non-hydrogen) atoms. The summed E-state index contributed by atoms with van der Waals surface area (Å²) in [5.74, 6) is 0.623. The van der Waals surface area contributed by atoms with Gasteiger partial charge in [-0.15, -0.1) is 0 Å². The summed E-state index contributed by atoms with van der Waals surface area (Å²) in [6, 6.07) is 4.77. The number of nitrogens with zero attached hydrogens (tertiary/aromatic N) is 1. The minimum absolute atomic E-state index is 0.0193. The highest BCUT2D eigenvalue weighted by Crippen LogP contribution is 2.39. The molecule has 2 N–H and O–H groups in total. The van der Waals surface area contributed by atoms with Crippen LogP contribution in [0.4, 0.5) is 18.0 Å². The van der Waals surface area contributed by atoms with Gasteiger partial charge in [-0.3, -0.25) is 9.69 Å². The molecular weight excluding hydrogens is 459 g/mol. The highest BCUT2D eigenvalue weighted by molar-refractivity contribution is 5.86. The van der Waals surface area contributed by atoms with Crippen LogP contribution in [0.2, 0.25) is 0 Å². The van der Waals surface area contributed by atoms with Crippen molar-refractivity contribution in [2.75, 3.05) is 13.1 Å². The first-order valence-corrected chi connectivity index (χ1v) is 12.4. The predicted octanol–water partition coefficient (Wildman–Crippen LogP) is 4.97. The van der Waals surface area contributed by atoms with E-state index < -0.39 is 29.5 Å². The lowest BCUT2D eigenvalue weighted by Gasteiger charge is -2.27. The molecule has 1 aromatic rings. The number of nitrogens with one attached hydrogen (secondary N) is 2. The van der Waals surface area contributed by atoms with Gasteiger partial charge in [-0.05, 0) is 69.4 Å². The molecule has 1 heterocycles. The molecule has 9 heteroatoms. The zero-order chi connectivity index (χ0) is 26.0. The number of carbonyl (C=O) groups excluding carboxylic acids is 2. The van der Waals surface area contributed by atoms with E-state index >= 15 is 0 Å². The van der Waals surface area contributed by atoms with Crippen molar-refractivity contribution in [1.29, 1.82) is 0 Å². The molecule has 196 valence electrons. The first-order chi connectivity index (χ1) is 16.2. The topological polar surface area (TPSA) is 70.7 Å². The van der Waals surface area contributed by atoms with Gasteiger partial charge in [0.15, 0.2) is 0 Å². The summed E-state index contributed by atoms with van der Waals surface area (Å²) in [4.78, 5) is 27.6. The number of alkyl carbamates (subject to hydrolysis) is 1. The fourth-order valence-electron chi connectivity index (χ4n) is 5.21. The van der Waals surface area contributed by atoms with E-state index in [-0.39, 0.29) is 23.8 Å². The third kappa shape index (κ3) is 7.85. The molecule has 1 aliphatic heterocycles. The maximum atomic E-state index is 13.1. The van der Waals surface area contributed by atoms with Crippen LogP contribution in [0, 0.1) is 17.8 Å². The smallest absolute Gasteiger partial charge is 0.416 e. The highest BCUT2D eigenvalue weighted by atomic mass is 19.4. The number of alkyl halides is 3. The van der Waals surface area contributed by atoms with Gasteiger partial charge in [0, 0.05) is 25.7 Å². The lowest BCUT2D eigenvalue weighted by molar-refractivity contribution is -0.137. The molecule has 4 atom stereocenters. The maximum Gasteiger partial charge on any atom is 0.416 e. The van der Waals surface area contributed by atoms with Crippen molar-refractivity contribution >= 4 is 12.0 Å². The lowest BCUT2D eigenvalue weighted by Crippen LogP contribution is -2.52. The average Bonchev–Trinajstić information content (AvgIpc) is 3.26. The summed E-state index contributed by atoms with van der Waals surface area (Å²) in [6.07, 6.45) is -2.65. The van der Waals surface area contributed by atoms with E-state index in [1.165, 1.54) is 12.1 Å². The van der Waals surface area contributed by atoms with Gasteiger partial charge in [-0.25, -0.2) is 4.79 Å². The number of fused-ring (bicyclic) bond motifs is 1. The van der Waals surface area contributed by atoms with E-state index in [1.54, 1.807) is 26.8 Å². The van der Waals surface area contributed by atoms with Gasteiger partial charge in [0.1, 0.15) is 11.6 Å². The highest BCUT2D eigenvalue weighted by Gasteiger charge is 2.43. The number of rotatable bonds is 7. The van der Waals surface area contributed by atoms with Crippen molar-refractivity contribution in [3.05, 3.63) is 35.4 Å². The SMILES string of the molecule is CC(C)C[C@@H](NC(=O)OC(C)(C)C)C(=O)N[C@H]1CC[C@@H]2CN(Cc3cccc(C(F)(F)F)c3)C[C@H]21. The lowest BCUT2D eigenvalue weighted by atomic mass is 9.97. The summed E-state index contributed by atoms with van der Waals surface area (Å²) in [5.41, 5.74) is -0.652. The summed E-state index contributed by atoms with van der Waals surface area (Å²) >= 11 is 0. The van der Waals surface area contributed by atoms with Gasteiger partial charge in [0.25, 0.3) is 0 Å². The monoisotopic (exact) mass is 497 g/mol. The second-order valence-electron chi connectivity index (χ2n) is 11.3. The number of amides is 2. The van der Waals surface area contributed by atoms with Gasteiger partial charge < -0.3 is 15.4 Å². The Bertz CT molecular complexity index is 898. The van der Waals surface area contributed by atoms with Crippen LogP contribution in [0.5, 0.6) is 0 Å². The second-order valence-corrected chi connectivity index (χ2v) is 11.3. The van der Waals surface area contributed by atoms with Crippen molar-refractivity contribution in [2.24, 2.45) is 17.8 Å². The minimum atomic E-state index is -4.35. The third-order valence-corrected chi connectivity index (χ3v) is 6.64. The summed E-state index contributed by atoms with van der Waals surface area (Å²) in [6.45, 7) is 11.3. The van der Waals surface area contributed by atoms with Crippen LogP contribution in [0.1, 0.15) is 65.0 Å². The first-order valence-electron chi connectivity index (χ1n) is 12.4. The molecule has 0 bridgehead atoms. The Morgan fingerprint density at radius 3 is 2.49 bits per heavy atom. The van der Waals surface area contributed by atoms with Gasteiger partial charge in [-0.2, -0.15) is 13.2 Å². The van der Waals surface area contributed by atoms with E-state index in [0.29, 0.717) is 24.4 Å². The molecule has 0 unspecified atom stereocenters. The van der Waals surface area contributed by atoms with Crippen LogP contribution in [0.3, 0.4) is 0 Å². The van der Waals surface area contributed by atoms with E-state index in [0.717, 1.165) is 32.0 Å². The molecule has 1 aliphatic carbocycles. The number of likely N-dealkylation sites (tertiary alicyclic amines) is 1. The summed E-state index contributed by atoms with van der Waals surface area (Å²) < 4.78 is 44.5. The average molecular weight is 498 g/mol. The van der Waals surface area contributed by atoms with Crippen molar-refractivity contribution in [3.63, 3.8) is 0 Å². The van der Waals surface area contributed by atoms with Crippen LogP contribution in [0.25, 0.3) is 0 Å². The molecule has 2 amide bonds. The third-order valence-electron chi connectivity index (χ3n) is 6.64. The second kappa shape index (κ2) is 10.8. The molecule has 1 saturated carbocycles. The van der Waals surface area contributed by atoms with Crippen molar-refractivity contribution in [1.82, 2.24) is 15.5 Å². The van der Waals surface area contributed by atoms with Crippen LogP contribution in [0.15, 0.2) is 24.3 Å². The van der Waals surface area contributed by atoms with Crippen LogP contribution >= 0.6 is 0 Å². The molecule has 0 spiro atoms. The quantitative estimate of drug-likeness (QED) is 0.558. The maximum absolute atomic E-state index is 13.1. The van der Waals surface area contributed by atoms with Crippen molar-refractivity contribution < 1.29 is 27.5 Å². The standard InChI is InChI=1S/C26H38F3N3O3/c1-16(2)11-22(31-24(34)35-25(3,4)5)23(33)30-21-10-9-18-14-32(15-20(18)21)13-17-7-6-8-19(12-17)26(27,28)29/h6-8,12,16,18,20-22H,9-11,13-15H2,1-5H3,(H,30,33)(H,31,34)/t18-,20-,21+,22-/m1/s1. The molecule has 1 aromatic carbocycles. The molecule has 3 rings (SSSR count). The molecule has 0 radical (unpaired) electrons. The fraction of sp³-hybridized carbons (Fsp3) is 0.692. The molecular formula is C26H38F3N3O3. The Kier molecular flexibility index (Phi) is 8.40.